The Morgan fingerprint density at radius 1 is 1.12 bits per heavy atom. The maximum Gasteiger partial charge on any atom is 0.0236 e. The highest BCUT2D eigenvalue weighted by atomic mass is 15.2. The van der Waals surface area contributed by atoms with Gasteiger partial charge in [-0.05, 0) is 38.7 Å². The molecule has 1 aliphatic carbocycles. The quantitative estimate of drug-likeness (QED) is 0.678. The highest BCUT2D eigenvalue weighted by Gasteiger charge is 2.23. The molecule has 2 atom stereocenters. The molecule has 1 nitrogen and oxygen atoms in total. The van der Waals surface area contributed by atoms with Crippen molar-refractivity contribution < 1.29 is 0 Å². The summed E-state index contributed by atoms with van der Waals surface area (Å²) in [5, 5.41) is 0. The van der Waals surface area contributed by atoms with Crippen LogP contribution in [0.15, 0.2) is 23.8 Å². The molecule has 98 valence electrons. The topological polar surface area (TPSA) is 3.24 Å². The van der Waals surface area contributed by atoms with E-state index in [2.05, 4.69) is 37.0 Å². The van der Waals surface area contributed by atoms with Crippen molar-refractivity contribution in [2.24, 2.45) is 0 Å². The van der Waals surface area contributed by atoms with Crippen molar-refractivity contribution >= 4 is 0 Å². The lowest BCUT2D eigenvalue weighted by atomic mass is 10.1. The van der Waals surface area contributed by atoms with E-state index in [1.54, 1.807) is 0 Å². The standard InChI is InChI=1S/C14H23N.C2H6/c1-12-7-3-4-8-13(2)15(12)11-14-9-5-6-10-14;1-2/h5,9-10,12-13H,3-4,6-8,11H2,1-2H3;1-2H3. The molecule has 0 N–H and O–H groups in total. The summed E-state index contributed by atoms with van der Waals surface area (Å²) in [6.07, 6.45) is 13.7. The molecule has 0 spiro atoms. The van der Waals surface area contributed by atoms with Crippen LogP contribution in [0.3, 0.4) is 0 Å². The molecule has 2 unspecified atom stereocenters. The number of nitrogens with zero attached hydrogens (tertiary/aromatic N) is 1. The van der Waals surface area contributed by atoms with Crippen LogP contribution in [0.4, 0.5) is 0 Å². The van der Waals surface area contributed by atoms with Gasteiger partial charge in [-0.2, -0.15) is 0 Å². The van der Waals surface area contributed by atoms with Gasteiger partial charge in [0.2, 0.25) is 0 Å². The molecule has 17 heavy (non-hydrogen) atoms. The van der Waals surface area contributed by atoms with Crippen LogP contribution in [0.25, 0.3) is 0 Å². The van der Waals surface area contributed by atoms with Crippen molar-refractivity contribution in [2.75, 3.05) is 6.54 Å². The van der Waals surface area contributed by atoms with E-state index in [1.807, 2.05) is 13.8 Å². The molecule has 0 aromatic rings. The van der Waals surface area contributed by atoms with Gasteiger partial charge in [0, 0.05) is 18.6 Å². The molecule has 2 rings (SSSR count). The molecule has 0 bridgehead atoms. The Kier molecular flexibility index (Phi) is 6.57. The summed E-state index contributed by atoms with van der Waals surface area (Å²) in [6, 6.07) is 1.52. The predicted molar refractivity (Wildman–Crippen MR) is 77.3 cm³/mol. The van der Waals surface area contributed by atoms with E-state index in [0.29, 0.717) is 0 Å². The van der Waals surface area contributed by atoms with Gasteiger partial charge in [0.05, 0.1) is 0 Å². The van der Waals surface area contributed by atoms with Gasteiger partial charge in [0.1, 0.15) is 0 Å². The fourth-order valence-electron chi connectivity index (χ4n) is 2.79. The van der Waals surface area contributed by atoms with Crippen LogP contribution >= 0.6 is 0 Å². The summed E-state index contributed by atoms with van der Waals surface area (Å²) >= 11 is 0. The summed E-state index contributed by atoms with van der Waals surface area (Å²) in [5.74, 6) is 0. The summed E-state index contributed by atoms with van der Waals surface area (Å²) in [4.78, 5) is 2.69. The van der Waals surface area contributed by atoms with Gasteiger partial charge in [0.15, 0.2) is 0 Å². The first-order chi connectivity index (χ1) is 8.27. The van der Waals surface area contributed by atoms with E-state index in [-0.39, 0.29) is 0 Å². The average molecular weight is 235 g/mol. The van der Waals surface area contributed by atoms with E-state index >= 15 is 0 Å². The lowest BCUT2D eigenvalue weighted by Gasteiger charge is -2.32. The first-order valence-corrected chi connectivity index (χ1v) is 7.38. The minimum atomic E-state index is 0.761. The molecule has 1 heteroatoms. The molecule has 0 aromatic carbocycles. The Hall–Kier alpha value is -0.560. The van der Waals surface area contributed by atoms with E-state index in [0.717, 1.165) is 18.5 Å². The van der Waals surface area contributed by atoms with E-state index in [4.69, 9.17) is 0 Å². The lowest BCUT2D eigenvalue weighted by molar-refractivity contribution is 0.172. The van der Waals surface area contributed by atoms with Gasteiger partial charge in [-0.25, -0.2) is 0 Å². The molecule has 1 fully saturated rings. The number of allylic oxidation sites excluding steroid dienone is 2. The van der Waals surface area contributed by atoms with Crippen LogP contribution in [-0.2, 0) is 0 Å². The monoisotopic (exact) mass is 235 g/mol. The fraction of sp³-hybridized carbons (Fsp3) is 0.750. The third kappa shape index (κ3) is 4.31. The van der Waals surface area contributed by atoms with Gasteiger partial charge in [-0.1, -0.05) is 44.9 Å². The third-order valence-electron chi connectivity index (χ3n) is 3.84. The Labute approximate surface area is 108 Å². The van der Waals surface area contributed by atoms with Crippen molar-refractivity contribution in [1.82, 2.24) is 4.90 Å². The predicted octanol–water partition coefficient (Wildman–Crippen LogP) is 4.55. The summed E-state index contributed by atoms with van der Waals surface area (Å²) in [7, 11) is 0. The summed E-state index contributed by atoms with van der Waals surface area (Å²) in [6.45, 7) is 9.95. The van der Waals surface area contributed by atoms with E-state index < -0.39 is 0 Å². The molecule has 2 aliphatic rings. The Balaban J connectivity index is 0.000000686. The van der Waals surface area contributed by atoms with E-state index in [1.165, 1.54) is 37.8 Å². The van der Waals surface area contributed by atoms with Crippen molar-refractivity contribution in [2.45, 2.75) is 71.9 Å². The number of rotatable bonds is 2. The second-order valence-corrected chi connectivity index (χ2v) is 5.07. The number of likely N-dealkylation sites (tertiary alicyclic amines) is 1. The summed E-state index contributed by atoms with van der Waals surface area (Å²) < 4.78 is 0. The minimum Gasteiger partial charge on any atom is -0.294 e. The normalized spacial score (nSPS) is 29.3. The van der Waals surface area contributed by atoms with Crippen molar-refractivity contribution in [3.63, 3.8) is 0 Å². The summed E-state index contributed by atoms with van der Waals surface area (Å²) in [5.41, 5.74) is 1.52. The maximum absolute atomic E-state index is 2.69. The van der Waals surface area contributed by atoms with E-state index in [9.17, 15) is 0 Å². The van der Waals surface area contributed by atoms with Gasteiger partial charge >= 0.3 is 0 Å². The maximum atomic E-state index is 2.69. The molecule has 0 saturated carbocycles. The molecule has 1 aliphatic heterocycles. The molecular formula is C16H29N. The first-order valence-electron chi connectivity index (χ1n) is 7.38. The molecule has 1 heterocycles. The van der Waals surface area contributed by atoms with Crippen LogP contribution in [0, 0.1) is 0 Å². The van der Waals surface area contributed by atoms with Crippen molar-refractivity contribution in [3.8, 4) is 0 Å². The van der Waals surface area contributed by atoms with Gasteiger partial charge < -0.3 is 0 Å². The van der Waals surface area contributed by atoms with Crippen LogP contribution < -0.4 is 0 Å². The average Bonchev–Trinajstić information content (AvgIpc) is 2.81. The first kappa shape index (κ1) is 14.5. The number of hydrogen-bond acceptors (Lipinski definition) is 1. The van der Waals surface area contributed by atoms with Crippen LogP contribution in [0.1, 0.15) is 59.8 Å². The molecule has 1 saturated heterocycles. The minimum absolute atomic E-state index is 0.761. The zero-order chi connectivity index (χ0) is 12.7. The number of hydrogen-bond donors (Lipinski definition) is 0. The Morgan fingerprint density at radius 2 is 1.71 bits per heavy atom. The second-order valence-electron chi connectivity index (χ2n) is 5.07. The largest absolute Gasteiger partial charge is 0.294 e. The molecular weight excluding hydrogens is 206 g/mol. The van der Waals surface area contributed by atoms with Gasteiger partial charge in [-0.15, -0.1) is 0 Å². The Morgan fingerprint density at radius 3 is 2.18 bits per heavy atom. The zero-order valence-electron chi connectivity index (χ0n) is 12.1. The van der Waals surface area contributed by atoms with Crippen molar-refractivity contribution in [3.05, 3.63) is 23.8 Å². The Bertz CT molecular complexity index is 253. The fourth-order valence-corrected chi connectivity index (χ4v) is 2.79. The van der Waals surface area contributed by atoms with Gasteiger partial charge in [-0.3, -0.25) is 4.90 Å². The highest BCUT2D eigenvalue weighted by Crippen LogP contribution is 2.23. The molecule has 0 aromatic heterocycles. The van der Waals surface area contributed by atoms with Crippen LogP contribution in [0.5, 0.6) is 0 Å². The second kappa shape index (κ2) is 7.71. The van der Waals surface area contributed by atoms with Crippen LogP contribution in [0.2, 0.25) is 0 Å². The highest BCUT2D eigenvalue weighted by molar-refractivity contribution is 5.27. The SMILES string of the molecule is CC.CC1CCCCC(C)N1CC1=CCC=C1. The third-order valence-corrected chi connectivity index (χ3v) is 3.84. The zero-order valence-corrected chi connectivity index (χ0v) is 12.1. The molecule has 0 amide bonds. The van der Waals surface area contributed by atoms with Crippen LogP contribution in [-0.4, -0.2) is 23.5 Å². The van der Waals surface area contributed by atoms with Gasteiger partial charge in [0.25, 0.3) is 0 Å². The molecule has 0 radical (unpaired) electrons. The lowest BCUT2D eigenvalue weighted by Crippen LogP contribution is -2.39. The smallest absolute Gasteiger partial charge is 0.0236 e. The van der Waals surface area contributed by atoms with Crippen molar-refractivity contribution in [1.29, 1.82) is 0 Å².